The van der Waals surface area contributed by atoms with Crippen LogP contribution in [0.15, 0.2) is 53.4 Å². The predicted molar refractivity (Wildman–Crippen MR) is 125 cm³/mol. The highest BCUT2D eigenvalue weighted by atomic mass is 32.2. The van der Waals surface area contributed by atoms with E-state index in [2.05, 4.69) is 17.0 Å². The molecule has 0 spiro atoms. The second-order valence-electron chi connectivity index (χ2n) is 7.95. The van der Waals surface area contributed by atoms with Gasteiger partial charge in [-0.15, -0.1) is 0 Å². The molecule has 3 rings (SSSR count). The van der Waals surface area contributed by atoms with Crippen molar-refractivity contribution in [2.45, 2.75) is 44.6 Å². The summed E-state index contributed by atoms with van der Waals surface area (Å²) in [7, 11) is -1.84. The second-order valence-corrected chi connectivity index (χ2v) is 9.89. The third kappa shape index (κ3) is 5.28. The fraction of sp³-hybridized carbons (Fsp3) is 0.458. The lowest BCUT2D eigenvalue weighted by atomic mass is 10.1. The Bertz CT molecular complexity index is 997. The van der Waals surface area contributed by atoms with Crippen molar-refractivity contribution in [2.75, 3.05) is 38.1 Å². The van der Waals surface area contributed by atoms with Gasteiger partial charge in [0.15, 0.2) is 0 Å². The van der Waals surface area contributed by atoms with Crippen molar-refractivity contribution in [3.05, 3.63) is 59.7 Å². The Labute approximate surface area is 186 Å². The highest BCUT2D eigenvalue weighted by Crippen LogP contribution is 2.26. The first kappa shape index (κ1) is 23.3. The number of piperidine rings is 1. The maximum absolute atomic E-state index is 13.1. The molecule has 0 atom stereocenters. The molecule has 0 aromatic heterocycles. The van der Waals surface area contributed by atoms with Crippen molar-refractivity contribution < 1.29 is 13.2 Å². The van der Waals surface area contributed by atoms with Gasteiger partial charge < -0.3 is 9.80 Å². The number of sulfonamides is 1. The van der Waals surface area contributed by atoms with Crippen LogP contribution in [-0.2, 0) is 16.6 Å². The lowest BCUT2D eigenvalue weighted by molar-refractivity contribution is 0.0785. The molecule has 0 unspecified atom stereocenters. The second kappa shape index (κ2) is 10.3. The van der Waals surface area contributed by atoms with Gasteiger partial charge in [-0.1, -0.05) is 38.1 Å². The number of hydrogen-bond acceptors (Lipinski definition) is 4. The first-order chi connectivity index (χ1) is 14.9. The van der Waals surface area contributed by atoms with Gasteiger partial charge in [-0.05, 0) is 49.1 Å². The standard InChI is InChI=1S/C24H33N3O3S/c1-4-27(5-2)31(29,30)22-14-11-13-20(18-22)24(28)25(3)19-21-12-7-8-15-23(21)26-16-9-6-10-17-26/h7-8,11-15,18H,4-6,9-10,16-17,19H2,1-3H3. The van der Waals surface area contributed by atoms with Crippen LogP contribution >= 0.6 is 0 Å². The molecule has 1 amide bonds. The molecule has 2 aromatic rings. The zero-order valence-corrected chi connectivity index (χ0v) is 19.6. The number of nitrogens with zero attached hydrogens (tertiary/aromatic N) is 3. The number of benzene rings is 2. The minimum Gasteiger partial charge on any atom is -0.371 e. The van der Waals surface area contributed by atoms with Crippen LogP contribution in [0.3, 0.4) is 0 Å². The van der Waals surface area contributed by atoms with Crippen LogP contribution in [0.1, 0.15) is 49.0 Å². The first-order valence-electron chi connectivity index (χ1n) is 11.1. The van der Waals surface area contributed by atoms with Gasteiger partial charge in [-0.2, -0.15) is 4.31 Å². The molecule has 1 heterocycles. The van der Waals surface area contributed by atoms with E-state index in [0.717, 1.165) is 18.7 Å². The van der Waals surface area contributed by atoms with E-state index < -0.39 is 10.0 Å². The molecule has 0 bridgehead atoms. The number of carbonyl (C=O) groups excluding carboxylic acids is 1. The predicted octanol–water partition coefficient (Wildman–Crippen LogP) is 3.98. The summed E-state index contributed by atoms with van der Waals surface area (Å²) in [6.45, 7) is 6.96. The van der Waals surface area contributed by atoms with E-state index in [1.165, 1.54) is 35.3 Å². The highest BCUT2D eigenvalue weighted by molar-refractivity contribution is 7.89. The summed E-state index contributed by atoms with van der Waals surface area (Å²) in [6, 6.07) is 14.6. The van der Waals surface area contributed by atoms with E-state index >= 15 is 0 Å². The fourth-order valence-electron chi connectivity index (χ4n) is 4.14. The van der Waals surface area contributed by atoms with Crippen LogP contribution in [0.5, 0.6) is 0 Å². The topological polar surface area (TPSA) is 60.9 Å². The van der Waals surface area contributed by atoms with E-state index in [0.29, 0.717) is 25.2 Å². The Morgan fingerprint density at radius 1 is 0.968 bits per heavy atom. The van der Waals surface area contributed by atoms with Gasteiger partial charge >= 0.3 is 0 Å². The third-order valence-electron chi connectivity index (χ3n) is 5.87. The molecule has 1 aliphatic heterocycles. The Balaban J connectivity index is 1.80. The van der Waals surface area contributed by atoms with Crippen LogP contribution in [-0.4, -0.2) is 56.8 Å². The number of rotatable bonds is 8. The van der Waals surface area contributed by atoms with E-state index in [1.807, 2.05) is 26.0 Å². The Morgan fingerprint density at radius 2 is 1.65 bits per heavy atom. The van der Waals surface area contributed by atoms with Gasteiger partial charge in [0, 0.05) is 51.0 Å². The van der Waals surface area contributed by atoms with Gasteiger partial charge in [-0.25, -0.2) is 8.42 Å². The molecular formula is C24H33N3O3S. The summed E-state index contributed by atoms with van der Waals surface area (Å²) >= 11 is 0. The lowest BCUT2D eigenvalue weighted by Gasteiger charge is -2.31. The molecule has 0 radical (unpaired) electrons. The van der Waals surface area contributed by atoms with E-state index in [4.69, 9.17) is 0 Å². The summed E-state index contributed by atoms with van der Waals surface area (Å²) < 4.78 is 27.1. The summed E-state index contributed by atoms with van der Waals surface area (Å²) in [5, 5.41) is 0. The number of anilines is 1. The maximum Gasteiger partial charge on any atom is 0.253 e. The molecule has 6 nitrogen and oxygen atoms in total. The molecule has 7 heteroatoms. The first-order valence-corrected chi connectivity index (χ1v) is 12.5. The minimum atomic E-state index is -3.61. The summed E-state index contributed by atoms with van der Waals surface area (Å²) in [4.78, 5) is 17.3. The van der Waals surface area contributed by atoms with Crippen LogP contribution in [0.2, 0.25) is 0 Å². The fourth-order valence-corrected chi connectivity index (χ4v) is 5.64. The monoisotopic (exact) mass is 443 g/mol. The normalized spacial score (nSPS) is 14.6. The molecule has 1 saturated heterocycles. The smallest absolute Gasteiger partial charge is 0.253 e. The van der Waals surface area contributed by atoms with Crippen molar-refractivity contribution in [3.63, 3.8) is 0 Å². The van der Waals surface area contributed by atoms with Gasteiger partial charge in [0.25, 0.3) is 5.91 Å². The Morgan fingerprint density at radius 3 is 2.32 bits per heavy atom. The van der Waals surface area contributed by atoms with E-state index in [9.17, 15) is 13.2 Å². The SMILES string of the molecule is CCN(CC)S(=O)(=O)c1cccc(C(=O)N(C)Cc2ccccc2N2CCCCC2)c1. The number of hydrogen-bond donors (Lipinski definition) is 0. The quantitative estimate of drug-likeness (QED) is 0.619. The number of para-hydroxylation sites is 1. The average Bonchev–Trinajstić information content (AvgIpc) is 2.80. The Kier molecular flexibility index (Phi) is 7.73. The van der Waals surface area contributed by atoms with Crippen molar-refractivity contribution in [1.29, 1.82) is 0 Å². The largest absolute Gasteiger partial charge is 0.371 e. The van der Waals surface area contributed by atoms with Crippen LogP contribution in [0.25, 0.3) is 0 Å². The molecule has 0 aliphatic carbocycles. The van der Waals surface area contributed by atoms with Crippen molar-refractivity contribution >= 4 is 21.6 Å². The molecule has 168 valence electrons. The summed E-state index contributed by atoms with van der Waals surface area (Å²) in [5.41, 5.74) is 2.66. The highest BCUT2D eigenvalue weighted by Gasteiger charge is 2.23. The van der Waals surface area contributed by atoms with Gasteiger partial charge in [0.05, 0.1) is 4.90 Å². The zero-order valence-electron chi connectivity index (χ0n) is 18.8. The van der Waals surface area contributed by atoms with Crippen molar-refractivity contribution in [3.8, 4) is 0 Å². The van der Waals surface area contributed by atoms with Gasteiger partial charge in [0.2, 0.25) is 10.0 Å². The summed E-state index contributed by atoms with van der Waals surface area (Å²) in [6.07, 6.45) is 3.65. The molecule has 2 aromatic carbocycles. The van der Waals surface area contributed by atoms with Crippen LogP contribution < -0.4 is 4.90 Å². The summed E-state index contributed by atoms with van der Waals surface area (Å²) in [5.74, 6) is -0.190. The van der Waals surface area contributed by atoms with E-state index in [1.54, 1.807) is 30.1 Å². The number of carbonyl (C=O) groups is 1. The maximum atomic E-state index is 13.1. The van der Waals surface area contributed by atoms with Gasteiger partial charge in [0.1, 0.15) is 0 Å². The third-order valence-corrected chi connectivity index (χ3v) is 7.91. The Hall–Kier alpha value is -2.38. The van der Waals surface area contributed by atoms with E-state index in [-0.39, 0.29) is 10.8 Å². The van der Waals surface area contributed by atoms with Gasteiger partial charge in [-0.3, -0.25) is 4.79 Å². The lowest BCUT2D eigenvalue weighted by Crippen LogP contribution is -2.32. The zero-order chi connectivity index (χ0) is 22.4. The van der Waals surface area contributed by atoms with Crippen molar-refractivity contribution in [1.82, 2.24) is 9.21 Å². The molecule has 1 fully saturated rings. The van der Waals surface area contributed by atoms with Crippen molar-refractivity contribution in [2.24, 2.45) is 0 Å². The minimum absolute atomic E-state index is 0.157. The molecule has 0 N–H and O–H groups in total. The van der Waals surface area contributed by atoms with Crippen LogP contribution in [0, 0.1) is 0 Å². The molecular weight excluding hydrogens is 410 g/mol. The molecule has 1 aliphatic rings. The average molecular weight is 444 g/mol. The van der Waals surface area contributed by atoms with Crippen LogP contribution in [0.4, 0.5) is 5.69 Å². The molecule has 0 saturated carbocycles. The number of amides is 1. The molecule has 31 heavy (non-hydrogen) atoms.